The van der Waals surface area contributed by atoms with Crippen molar-refractivity contribution >= 4 is 5.97 Å². The summed E-state index contributed by atoms with van der Waals surface area (Å²) in [4.78, 5) is 11.3. The van der Waals surface area contributed by atoms with Crippen LogP contribution in [0, 0.1) is 0 Å². The van der Waals surface area contributed by atoms with Crippen LogP contribution in [-0.4, -0.2) is 27.5 Å². The predicted molar refractivity (Wildman–Crippen MR) is 78.4 cm³/mol. The van der Waals surface area contributed by atoms with E-state index in [0.717, 1.165) is 5.56 Å². The van der Waals surface area contributed by atoms with E-state index in [1.54, 1.807) is 19.1 Å². The topological polar surface area (TPSA) is 64.4 Å². The second-order valence-electron chi connectivity index (χ2n) is 5.50. The second kappa shape index (κ2) is 5.94. The fraction of sp³-hybridized carbons (Fsp3) is 0.375. The number of halogens is 3. The van der Waals surface area contributed by atoms with Crippen LogP contribution in [0.15, 0.2) is 24.4 Å². The van der Waals surface area contributed by atoms with E-state index in [2.05, 4.69) is 5.10 Å². The van der Waals surface area contributed by atoms with E-state index in [1.165, 1.54) is 16.9 Å². The molecule has 1 aliphatic heterocycles. The van der Waals surface area contributed by atoms with Gasteiger partial charge in [-0.2, -0.15) is 18.3 Å². The van der Waals surface area contributed by atoms with Gasteiger partial charge in [-0.25, -0.2) is 4.79 Å². The van der Waals surface area contributed by atoms with Gasteiger partial charge in [-0.1, -0.05) is 12.1 Å². The van der Waals surface area contributed by atoms with Gasteiger partial charge in [-0.3, -0.25) is 4.68 Å². The molecule has 1 unspecified atom stereocenters. The molecule has 2 aromatic rings. The average molecular weight is 340 g/mol. The number of carboxylic acid groups (broad SMARTS) is 1. The van der Waals surface area contributed by atoms with E-state index < -0.39 is 23.9 Å². The highest BCUT2D eigenvalue weighted by Crippen LogP contribution is 2.38. The monoisotopic (exact) mass is 340 g/mol. The summed E-state index contributed by atoms with van der Waals surface area (Å²) in [6, 6.07) is 4.68. The standard InChI is InChI=1S/C16H15F3N2O3/c1-2-21-8-12(14(20-21)16(17,18)19)10-4-3-9-5-6-24-13(15(22)23)11(9)7-10/h3-4,7-8,13H,2,5-6H2,1H3,(H,22,23). The zero-order valence-electron chi connectivity index (χ0n) is 12.8. The van der Waals surface area contributed by atoms with E-state index in [0.29, 0.717) is 18.5 Å². The smallest absolute Gasteiger partial charge is 0.435 e. The van der Waals surface area contributed by atoms with Crippen molar-refractivity contribution < 1.29 is 27.8 Å². The van der Waals surface area contributed by atoms with Crippen molar-refractivity contribution in [3.05, 3.63) is 41.2 Å². The Labute approximate surface area is 135 Å². The molecule has 2 heterocycles. The lowest BCUT2D eigenvalue weighted by atomic mass is 9.93. The molecule has 0 aliphatic carbocycles. The summed E-state index contributed by atoms with van der Waals surface area (Å²) in [6.07, 6.45) is -3.90. The zero-order chi connectivity index (χ0) is 17.5. The van der Waals surface area contributed by atoms with Gasteiger partial charge < -0.3 is 9.84 Å². The number of rotatable bonds is 3. The molecule has 0 bridgehead atoms. The SMILES string of the molecule is CCn1cc(-c2ccc3c(c2)C(C(=O)O)OCC3)c(C(F)(F)F)n1. The quantitative estimate of drug-likeness (QED) is 0.931. The molecule has 3 rings (SSSR count). The molecule has 0 saturated carbocycles. The van der Waals surface area contributed by atoms with Crippen LogP contribution < -0.4 is 0 Å². The van der Waals surface area contributed by atoms with Gasteiger partial charge in [0.15, 0.2) is 11.8 Å². The van der Waals surface area contributed by atoms with Crippen LogP contribution in [-0.2, 0) is 28.7 Å². The molecule has 0 saturated heterocycles. The first-order valence-corrected chi connectivity index (χ1v) is 7.43. The van der Waals surface area contributed by atoms with Crippen LogP contribution in [0.25, 0.3) is 11.1 Å². The molecule has 0 radical (unpaired) electrons. The maximum atomic E-state index is 13.2. The van der Waals surface area contributed by atoms with Gasteiger partial charge in [-0.05, 0) is 36.1 Å². The Balaban J connectivity index is 2.13. The lowest BCUT2D eigenvalue weighted by molar-refractivity contribution is -0.151. The first kappa shape index (κ1) is 16.5. The number of nitrogens with zero attached hydrogens (tertiary/aromatic N) is 2. The summed E-state index contributed by atoms with van der Waals surface area (Å²) >= 11 is 0. The summed E-state index contributed by atoms with van der Waals surface area (Å²) < 4.78 is 46.1. The van der Waals surface area contributed by atoms with E-state index in [9.17, 15) is 23.1 Å². The number of alkyl halides is 3. The highest BCUT2D eigenvalue weighted by atomic mass is 19.4. The van der Waals surface area contributed by atoms with Crippen molar-refractivity contribution in [1.29, 1.82) is 0 Å². The Morgan fingerprint density at radius 2 is 2.21 bits per heavy atom. The number of hydrogen-bond acceptors (Lipinski definition) is 3. The van der Waals surface area contributed by atoms with Gasteiger partial charge >= 0.3 is 12.1 Å². The minimum absolute atomic E-state index is 0.0677. The number of hydrogen-bond donors (Lipinski definition) is 1. The Hall–Kier alpha value is -2.35. The highest BCUT2D eigenvalue weighted by Gasteiger charge is 2.38. The average Bonchev–Trinajstić information content (AvgIpc) is 2.98. The molecule has 0 fully saturated rings. The summed E-state index contributed by atoms with van der Waals surface area (Å²) in [5, 5.41) is 12.8. The number of carbonyl (C=O) groups is 1. The van der Waals surface area contributed by atoms with Crippen LogP contribution in [0.5, 0.6) is 0 Å². The van der Waals surface area contributed by atoms with Gasteiger partial charge in [0.2, 0.25) is 0 Å². The van der Waals surface area contributed by atoms with Gasteiger partial charge in [0.25, 0.3) is 0 Å². The number of aliphatic carboxylic acids is 1. The fourth-order valence-electron chi connectivity index (χ4n) is 2.82. The largest absolute Gasteiger partial charge is 0.479 e. The molecule has 0 amide bonds. The van der Waals surface area contributed by atoms with Gasteiger partial charge in [-0.15, -0.1) is 0 Å². The van der Waals surface area contributed by atoms with Crippen LogP contribution in [0.1, 0.15) is 29.8 Å². The molecule has 8 heteroatoms. The molecule has 1 atom stereocenters. The number of benzene rings is 1. The van der Waals surface area contributed by atoms with Crippen molar-refractivity contribution in [3.8, 4) is 11.1 Å². The van der Waals surface area contributed by atoms with E-state index in [1.807, 2.05) is 0 Å². The van der Waals surface area contributed by atoms with E-state index in [4.69, 9.17) is 4.74 Å². The lowest BCUT2D eigenvalue weighted by Crippen LogP contribution is -2.23. The number of aryl methyl sites for hydroxylation is 1. The van der Waals surface area contributed by atoms with Gasteiger partial charge in [0.1, 0.15) is 0 Å². The van der Waals surface area contributed by atoms with Crippen molar-refractivity contribution in [3.63, 3.8) is 0 Å². The number of carboxylic acids is 1. The Morgan fingerprint density at radius 3 is 2.83 bits per heavy atom. The number of fused-ring (bicyclic) bond motifs is 1. The van der Waals surface area contributed by atoms with Crippen molar-refractivity contribution in [2.75, 3.05) is 6.61 Å². The maximum absolute atomic E-state index is 13.2. The molecule has 1 N–H and O–H groups in total. The van der Waals surface area contributed by atoms with Crippen molar-refractivity contribution in [2.45, 2.75) is 32.2 Å². The molecular weight excluding hydrogens is 325 g/mol. The van der Waals surface area contributed by atoms with Crippen molar-refractivity contribution in [2.24, 2.45) is 0 Å². The minimum Gasteiger partial charge on any atom is -0.479 e. The molecular formula is C16H15F3N2O3. The third kappa shape index (κ3) is 2.89. The summed E-state index contributed by atoms with van der Waals surface area (Å²) in [5.41, 5.74) is 0.393. The number of aromatic nitrogens is 2. The zero-order valence-corrected chi connectivity index (χ0v) is 12.8. The van der Waals surface area contributed by atoms with Gasteiger partial charge in [0, 0.05) is 18.3 Å². The third-order valence-electron chi connectivity index (χ3n) is 3.97. The Bertz CT molecular complexity index is 783. The molecule has 1 aliphatic rings. The first-order valence-electron chi connectivity index (χ1n) is 7.43. The first-order chi connectivity index (χ1) is 11.3. The Morgan fingerprint density at radius 1 is 1.46 bits per heavy atom. The van der Waals surface area contributed by atoms with E-state index in [-0.39, 0.29) is 17.7 Å². The maximum Gasteiger partial charge on any atom is 0.435 e. The van der Waals surface area contributed by atoms with Crippen molar-refractivity contribution in [1.82, 2.24) is 9.78 Å². The van der Waals surface area contributed by atoms with Crippen LogP contribution in [0.2, 0.25) is 0 Å². The molecule has 0 spiro atoms. The second-order valence-corrected chi connectivity index (χ2v) is 5.50. The third-order valence-corrected chi connectivity index (χ3v) is 3.97. The minimum atomic E-state index is -4.59. The van der Waals surface area contributed by atoms with Crippen LogP contribution >= 0.6 is 0 Å². The summed E-state index contributed by atoms with van der Waals surface area (Å²) in [7, 11) is 0. The molecule has 24 heavy (non-hydrogen) atoms. The fourth-order valence-corrected chi connectivity index (χ4v) is 2.82. The lowest BCUT2D eigenvalue weighted by Gasteiger charge is -2.23. The predicted octanol–water partition coefficient (Wildman–Crippen LogP) is 3.29. The van der Waals surface area contributed by atoms with Gasteiger partial charge in [0.05, 0.1) is 6.61 Å². The summed E-state index contributed by atoms with van der Waals surface area (Å²) in [5.74, 6) is -1.16. The highest BCUT2D eigenvalue weighted by molar-refractivity contribution is 5.77. The molecule has 5 nitrogen and oxygen atoms in total. The Kier molecular flexibility index (Phi) is 4.08. The van der Waals surface area contributed by atoms with E-state index >= 15 is 0 Å². The number of ether oxygens (including phenoxy) is 1. The normalized spacial score (nSPS) is 17.6. The summed E-state index contributed by atoms with van der Waals surface area (Å²) in [6.45, 7) is 2.26. The molecule has 128 valence electrons. The molecule has 1 aromatic carbocycles. The van der Waals surface area contributed by atoms with Crippen LogP contribution in [0.4, 0.5) is 13.2 Å². The molecule has 1 aromatic heterocycles. The van der Waals surface area contributed by atoms with Crippen LogP contribution in [0.3, 0.4) is 0 Å².